The highest BCUT2D eigenvalue weighted by Gasteiger charge is 2.56. The summed E-state index contributed by atoms with van der Waals surface area (Å²) in [5.41, 5.74) is 9.87. The van der Waals surface area contributed by atoms with E-state index in [0.29, 0.717) is 0 Å². The zero-order valence-electron chi connectivity index (χ0n) is 20.9. The first-order valence-corrected chi connectivity index (χ1v) is 13.7. The van der Waals surface area contributed by atoms with Crippen molar-refractivity contribution in [2.75, 3.05) is 0 Å². The summed E-state index contributed by atoms with van der Waals surface area (Å²) in [6, 6.07) is 25.6. The van der Waals surface area contributed by atoms with Gasteiger partial charge in [0.05, 0.1) is 0 Å². The topological polar surface area (TPSA) is 0 Å². The Morgan fingerprint density at radius 1 is 0.625 bits per heavy atom. The van der Waals surface area contributed by atoms with E-state index in [4.69, 9.17) is 0 Å². The van der Waals surface area contributed by atoms with Crippen LogP contribution in [0, 0.1) is 27.7 Å². The third kappa shape index (κ3) is 3.18. The molecule has 0 saturated carbocycles. The molecule has 0 fully saturated rings. The first-order valence-electron chi connectivity index (χ1n) is 11.7. The van der Waals surface area contributed by atoms with E-state index in [1.165, 1.54) is 54.5 Å². The summed E-state index contributed by atoms with van der Waals surface area (Å²) in [6.07, 6.45) is 2.60. The van der Waals surface area contributed by atoms with Crippen molar-refractivity contribution >= 4 is 23.6 Å². The van der Waals surface area contributed by atoms with E-state index in [0.717, 1.165) is 0 Å². The Morgan fingerprint density at radius 2 is 1.12 bits per heavy atom. The maximum absolute atomic E-state index is 2.60. The van der Waals surface area contributed by atoms with E-state index in [1.54, 1.807) is 0 Å². The Balaban J connectivity index is 2.30. The van der Waals surface area contributed by atoms with Gasteiger partial charge >= 0.3 is 0 Å². The summed E-state index contributed by atoms with van der Waals surface area (Å²) in [7, 11) is -2.55. The molecule has 3 aromatic rings. The van der Waals surface area contributed by atoms with Crippen molar-refractivity contribution in [2.24, 2.45) is 0 Å². The Morgan fingerprint density at radius 3 is 1.56 bits per heavy atom. The lowest BCUT2D eigenvalue weighted by molar-refractivity contribution is 0.869. The van der Waals surface area contributed by atoms with E-state index in [-0.39, 0.29) is 5.04 Å². The van der Waals surface area contributed by atoms with Crippen LogP contribution in [0.15, 0.2) is 89.5 Å². The van der Waals surface area contributed by atoms with Gasteiger partial charge in [-0.25, -0.2) is 0 Å². The second kappa shape index (κ2) is 8.05. The van der Waals surface area contributed by atoms with Crippen LogP contribution in [0.25, 0.3) is 0 Å². The van der Waals surface area contributed by atoms with Crippen LogP contribution < -0.4 is 15.6 Å². The lowest BCUT2D eigenvalue weighted by Crippen LogP contribution is -2.74. The van der Waals surface area contributed by atoms with E-state index in [1.807, 2.05) is 0 Å². The zero-order valence-corrected chi connectivity index (χ0v) is 21.9. The molecule has 4 rings (SSSR count). The summed E-state index contributed by atoms with van der Waals surface area (Å²) in [4.78, 5) is 0. The average molecular weight is 437 g/mol. The highest BCUT2D eigenvalue weighted by molar-refractivity contribution is 7.14. The van der Waals surface area contributed by atoms with Crippen molar-refractivity contribution in [2.45, 2.75) is 60.4 Å². The average Bonchev–Trinajstić information content (AvgIpc) is 2.97. The molecule has 1 unspecified atom stereocenters. The normalized spacial score (nSPS) is 18.8. The van der Waals surface area contributed by atoms with Crippen LogP contribution in [0.1, 0.15) is 49.9 Å². The Bertz CT molecular complexity index is 1190. The molecule has 0 heterocycles. The minimum Gasteiger partial charge on any atom is -0.0730 e. The molecule has 164 valence electrons. The molecule has 3 aromatic carbocycles. The number of hydrogen-bond acceptors (Lipinski definition) is 0. The number of hydrogen-bond donors (Lipinski definition) is 0. The van der Waals surface area contributed by atoms with Gasteiger partial charge in [-0.15, -0.1) is 0 Å². The molecular formula is C31H36Si. The minimum absolute atomic E-state index is 0.0559. The van der Waals surface area contributed by atoms with E-state index in [9.17, 15) is 0 Å². The fourth-order valence-corrected chi connectivity index (χ4v) is 12.8. The van der Waals surface area contributed by atoms with Gasteiger partial charge in [-0.1, -0.05) is 113 Å². The summed E-state index contributed by atoms with van der Waals surface area (Å²) in [5.74, 6) is 0. The number of aryl methyl sites for hydroxylation is 4. The van der Waals surface area contributed by atoms with Gasteiger partial charge in [0.2, 0.25) is 0 Å². The predicted molar refractivity (Wildman–Crippen MR) is 143 cm³/mol. The molecule has 0 nitrogen and oxygen atoms in total. The number of rotatable bonds is 4. The second-order valence-electron chi connectivity index (χ2n) is 10.0. The lowest BCUT2D eigenvalue weighted by atomic mass is 10.0. The van der Waals surface area contributed by atoms with Crippen LogP contribution in [0.4, 0.5) is 0 Å². The smallest absolute Gasteiger partial charge is 0.0730 e. The van der Waals surface area contributed by atoms with Crippen molar-refractivity contribution in [1.29, 1.82) is 0 Å². The van der Waals surface area contributed by atoms with E-state index < -0.39 is 8.07 Å². The highest BCUT2D eigenvalue weighted by atomic mass is 28.3. The van der Waals surface area contributed by atoms with Gasteiger partial charge in [0, 0.05) is 5.04 Å². The molecule has 0 spiro atoms. The molecule has 1 atom stereocenters. The maximum atomic E-state index is 2.60. The molecule has 0 aliphatic heterocycles. The fraction of sp³-hybridized carbons (Fsp3) is 0.290. The summed E-state index contributed by atoms with van der Waals surface area (Å²) >= 11 is 0. The van der Waals surface area contributed by atoms with Gasteiger partial charge in [-0.2, -0.15) is 0 Å². The van der Waals surface area contributed by atoms with Crippen LogP contribution in [0.3, 0.4) is 0 Å². The van der Waals surface area contributed by atoms with Gasteiger partial charge < -0.3 is 0 Å². The van der Waals surface area contributed by atoms with Crippen LogP contribution >= 0.6 is 0 Å². The largest absolute Gasteiger partial charge is 0.162 e. The third-order valence-electron chi connectivity index (χ3n) is 8.02. The first kappa shape index (κ1) is 22.5. The van der Waals surface area contributed by atoms with Crippen molar-refractivity contribution in [3.05, 3.63) is 112 Å². The van der Waals surface area contributed by atoms with Gasteiger partial charge in [0.1, 0.15) is 0 Å². The number of benzene rings is 3. The standard InChI is InChI=1S/C31H36Si/c1-21-14-16-23(3)29(18-21)32(28-12-10-9-11-13-28,30-19-22(2)15-17-24(30)4)31(8)20-25(5)26(6)27(31)7/h9-20H,1-8H3. The molecule has 0 amide bonds. The SMILES string of the molecule is CC1=CC(C)([Si](c2ccccc2)(c2cc(C)ccc2C)c2cc(C)ccc2C)C(C)=C1C. The van der Waals surface area contributed by atoms with Gasteiger partial charge in [-0.3, -0.25) is 0 Å². The fourth-order valence-electron chi connectivity index (χ4n) is 6.01. The van der Waals surface area contributed by atoms with Gasteiger partial charge in [0.25, 0.3) is 0 Å². The van der Waals surface area contributed by atoms with Crippen LogP contribution in [-0.2, 0) is 0 Å². The third-order valence-corrected chi connectivity index (χ3v) is 14.0. The Kier molecular flexibility index (Phi) is 5.67. The number of allylic oxidation sites excluding steroid dienone is 4. The summed E-state index contributed by atoms with van der Waals surface area (Å²) < 4.78 is 0. The monoisotopic (exact) mass is 436 g/mol. The second-order valence-corrected chi connectivity index (χ2v) is 14.2. The molecule has 1 aliphatic carbocycles. The predicted octanol–water partition coefficient (Wildman–Crippen LogP) is 6.45. The highest BCUT2D eigenvalue weighted by Crippen LogP contribution is 2.53. The Labute approximate surface area is 195 Å². The zero-order chi connectivity index (χ0) is 23.3. The van der Waals surface area contributed by atoms with Crippen molar-refractivity contribution in [3.8, 4) is 0 Å². The summed E-state index contributed by atoms with van der Waals surface area (Å²) in [5, 5.41) is 4.51. The van der Waals surface area contributed by atoms with Crippen molar-refractivity contribution < 1.29 is 0 Å². The lowest BCUT2D eigenvalue weighted by Gasteiger charge is -2.48. The molecule has 0 N–H and O–H groups in total. The molecule has 0 radical (unpaired) electrons. The Hall–Kier alpha value is -2.64. The van der Waals surface area contributed by atoms with Gasteiger partial charge in [-0.05, 0) is 69.6 Å². The van der Waals surface area contributed by atoms with Crippen molar-refractivity contribution in [1.82, 2.24) is 0 Å². The van der Waals surface area contributed by atoms with Gasteiger partial charge in [0.15, 0.2) is 8.07 Å². The molecule has 1 heteroatoms. The summed E-state index contributed by atoms with van der Waals surface area (Å²) in [6.45, 7) is 18.6. The first-order chi connectivity index (χ1) is 15.1. The minimum atomic E-state index is -2.55. The molecular weight excluding hydrogens is 400 g/mol. The molecule has 0 aromatic heterocycles. The molecule has 0 saturated heterocycles. The molecule has 32 heavy (non-hydrogen) atoms. The molecule has 0 bridgehead atoms. The van der Waals surface area contributed by atoms with E-state index in [2.05, 4.69) is 128 Å². The van der Waals surface area contributed by atoms with Crippen molar-refractivity contribution in [3.63, 3.8) is 0 Å². The molecule has 1 aliphatic rings. The van der Waals surface area contributed by atoms with Crippen LogP contribution in [0.5, 0.6) is 0 Å². The van der Waals surface area contributed by atoms with Crippen LogP contribution in [-0.4, -0.2) is 8.07 Å². The maximum Gasteiger partial charge on any atom is 0.162 e. The quantitative estimate of drug-likeness (QED) is 0.326. The van der Waals surface area contributed by atoms with E-state index >= 15 is 0 Å². The van der Waals surface area contributed by atoms with Crippen LogP contribution in [0.2, 0.25) is 5.04 Å².